The van der Waals surface area contributed by atoms with Crippen molar-refractivity contribution in [3.05, 3.63) is 24.8 Å². The smallest absolute Gasteiger partial charge is 0.0835 e. The summed E-state index contributed by atoms with van der Waals surface area (Å²) < 4.78 is 22.4. The molecule has 0 aromatic heterocycles. The molecule has 52 valence electrons. The van der Waals surface area contributed by atoms with Crippen molar-refractivity contribution in [2.24, 2.45) is 0 Å². The van der Waals surface area contributed by atoms with Gasteiger partial charge in [-0.25, -0.2) is 8.78 Å². The summed E-state index contributed by atoms with van der Waals surface area (Å²) in [5, 5.41) is 0. The summed E-state index contributed by atoms with van der Waals surface area (Å²) in [7, 11) is 0. The van der Waals surface area contributed by atoms with Crippen LogP contribution >= 0.6 is 11.8 Å². The SMILES string of the molecule is FC=CCSCC=CF. The van der Waals surface area contributed by atoms with Crippen LogP contribution in [0.5, 0.6) is 0 Å². The summed E-state index contributed by atoms with van der Waals surface area (Å²) in [6.45, 7) is 0. The van der Waals surface area contributed by atoms with Crippen molar-refractivity contribution in [3.63, 3.8) is 0 Å². The molecule has 0 rings (SSSR count). The van der Waals surface area contributed by atoms with Gasteiger partial charge >= 0.3 is 0 Å². The van der Waals surface area contributed by atoms with Crippen molar-refractivity contribution in [2.45, 2.75) is 0 Å². The zero-order chi connectivity index (χ0) is 6.95. The van der Waals surface area contributed by atoms with E-state index in [4.69, 9.17) is 0 Å². The summed E-state index contributed by atoms with van der Waals surface area (Å²) in [6.07, 6.45) is 3.76. The highest BCUT2D eigenvalue weighted by Crippen LogP contribution is 1.99. The molecule has 0 unspecified atom stereocenters. The normalized spacial score (nSPS) is 11.8. The lowest BCUT2D eigenvalue weighted by Crippen LogP contribution is -1.71. The van der Waals surface area contributed by atoms with Crippen LogP contribution in [-0.2, 0) is 0 Å². The molecule has 0 spiro atoms. The lowest BCUT2D eigenvalue weighted by Gasteiger charge is -1.86. The highest BCUT2D eigenvalue weighted by atomic mass is 32.2. The summed E-state index contributed by atoms with van der Waals surface area (Å²) >= 11 is 1.45. The molecule has 0 N–H and O–H groups in total. The van der Waals surface area contributed by atoms with E-state index in [1.165, 1.54) is 23.9 Å². The molecule has 0 saturated heterocycles. The van der Waals surface area contributed by atoms with Crippen LogP contribution in [0.2, 0.25) is 0 Å². The first-order valence-corrected chi connectivity index (χ1v) is 3.65. The molecule has 0 bridgehead atoms. The van der Waals surface area contributed by atoms with Gasteiger partial charge in [0.15, 0.2) is 0 Å². The maximum Gasteiger partial charge on any atom is 0.0835 e. The molecule has 0 radical (unpaired) electrons. The number of halogens is 2. The fourth-order valence-corrected chi connectivity index (χ4v) is 0.831. The monoisotopic (exact) mass is 150 g/mol. The standard InChI is InChI=1S/C6H8F2S/c7-3-1-5-9-6-2-4-8/h1-4H,5-6H2. The topological polar surface area (TPSA) is 0 Å². The highest BCUT2D eigenvalue weighted by Gasteiger charge is 1.78. The summed E-state index contributed by atoms with van der Waals surface area (Å²) in [5.41, 5.74) is 0. The Bertz CT molecular complexity index is 87.2. The molecular weight excluding hydrogens is 142 g/mol. The van der Waals surface area contributed by atoms with E-state index in [1.54, 1.807) is 0 Å². The van der Waals surface area contributed by atoms with E-state index >= 15 is 0 Å². The molecule has 0 atom stereocenters. The van der Waals surface area contributed by atoms with Gasteiger partial charge in [-0.1, -0.05) is 0 Å². The molecule has 0 aliphatic rings. The van der Waals surface area contributed by atoms with Crippen molar-refractivity contribution < 1.29 is 8.78 Å². The summed E-state index contributed by atoms with van der Waals surface area (Å²) in [5.74, 6) is 1.20. The first-order chi connectivity index (χ1) is 4.41. The zero-order valence-electron chi connectivity index (χ0n) is 4.89. The van der Waals surface area contributed by atoms with E-state index in [9.17, 15) is 8.78 Å². The third-order valence-corrected chi connectivity index (χ3v) is 1.46. The molecule has 0 aliphatic heterocycles. The van der Waals surface area contributed by atoms with Crippen LogP contribution < -0.4 is 0 Å². The molecule has 0 nitrogen and oxygen atoms in total. The maximum atomic E-state index is 11.2. The van der Waals surface area contributed by atoms with Gasteiger partial charge in [-0.2, -0.15) is 11.8 Å². The van der Waals surface area contributed by atoms with Crippen LogP contribution in [0.25, 0.3) is 0 Å². The Morgan fingerprint density at radius 3 is 1.78 bits per heavy atom. The largest absolute Gasteiger partial charge is 0.216 e. The van der Waals surface area contributed by atoms with Crippen LogP contribution in [0.1, 0.15) is 0 Å². The van der Waals surface area contributed by atoms with Gasteiger partial charge in [-0.3, -0.25) is 0 Å². The van der Waals surface area contributed by atoms with Crippen molar-refractivity contribution in [2.75, 3.05) is 11.5 Å². The Hall–Kier alpha value is -0.310. The van der Waals surface area contributed by atoms with Crippen molar-refractivity contribution in [1.82, 2.24) is 0 Å². The van der Waals surface area contributed by atoms with Gasteiger partial charge in [0.2, 0.25) is 0 Å². The third kappa shape index (κ3) is 7.69. The molecular formula is C6H8F2S. The van der Waals surface area contributed by atoms with E-state index < -0.39 is 0 Å². The van der Waals surface area contributed by atoms with Gasteiger partial charge in [-0.15, -0.1) is 0 Å². The number of rotatable bonds is 4. The minimum Gasteiger partial charge on any atom is -0.216 e. The Kier molecular flexibility index (Phi) is 7.43. The van der Waals surface area contributed by atoms with E-state index in [-0.39, 0.29) is 0 Å². The quantitative estimate of drug-likeness (QED) is 0.555. The molecule has 0 aromatic carbocycles. The number of thioether (sulfide) groups is 1. The molecule has 0 saturated carbocycles. The molecule has 9 heavy (non-hydrogen) atoms. The zero-order valence-corrected chi connectivity index (χ0v) is 5.70. The predicted molar refractivity (Wildman–Crippen MR) is 37.8 cm³/mol. The fourth-order valence-electron chi connectivity index (χ4n) is 0.277. The van der Waals surface area contributed by atoms with Crippen LogP contribution in [0.3, 0.4) is 0 Å². The molecule has 0 aromatic rings. The van der Waals surface area contributed by atoms with Crippen LogP contribution in [-0.4, -0.2) is 11.5 Å². The maximum absolute atomic E-state index is 11.2. The third-order valence-electron chi connectivity index (χ3n) is 0.606. The van der Waals surface area contributed by atoms with E-state index in [2.05, 4.69) is 0 Å². The Balaban J connectivity index is 2.91. The lowest BCUT2D eigenvalue weighted by molar-refractivity contribution is 0.719. The first-order valence-electron chi connectivity index (χ1n) is 2.50. The predicted octanol–water partition coefficient (Wildman–Crippen LogP) is 2.69. The van der Waals surface area contributed by atoms with Crippen LogP contribution in [0.4, 0.5) is 8.78 Å². The lowest BCUT2D eigenvalue weighted by atomic mass is 10.7. The molecule has 0 amide bonds. The highest BCUT2D eigenvalue weighted by molar-refractivity contribution is 7.99. The van der Waals surface area contributed by atoms with Crippen LogP contribution in [0.15, 0.2) is 24.8 Å². The van der Waals surface area contributed by atoms with Gasteiger partial charge in [0.25, 0.3) is 0 Å². The van der Waals surface area contributed by atoms with Gasteiger partial charge in [0.1, 0.15) is 0 Å². The molecule has 0 fully saturated rings. The Morgan fingerprint density at radius 2 is 1.44 bits per heavy atom. The molecule has 0 aliphatic carbocycles. The summed E-state index contributed by atoms with van der Waals surface area (Å²) in [4.78, 5) is 0. The molecule has 3 heteroatoms. The fraction of sp³-hybridized carbons (Fsp3) is 0.333. The van der Waals surface area contributed by atoms with Gasteiger partial charge in [-0.05, 0) is 12.2 Å². The van der Waals surface area contributed by atoms with Gasteiger partial charge in [0, 0.05) is 11.5 Å². The second-order valence-electron chi connectivity index (χ2n) is 1.26. The van der Waals surface area contributed by atoms with Crippen LogP contribution in [0, 0.1) is 0 Å². The Morgan fingerprint density at radius 1 is 1.00 bits per heavy atom. The van der Waals surface area contributed by atoms with Gasteiger partial charge < -0.3 is 0 Å². The van der Waals surface area contributed by atoms with E-state index in [1.807, 2.05) is 0 Å². The minimum atomic E-state index is 0.492. The van der Waals surface area contributed by atoms with E-state index in [0.717, 1.165) is 0 Å². The second-order valence-corrected chi connectivity index (χ2v) is 2.34. The van der Waals surface area contributed by atoms with Gasteiger partial charge in [0.05, 0.1) is 12.7 Å². The number of hydrogen-bond acceptors (Lipinski definition) is 1. The average molecular weight is 150 g/mol. The molecule has 0 heterocycles. The first kappa shape index (κ1) is 8.69. The van der Waals surface area contributed by atoms with Crippen molar-refractivity contribution in [1.29, 1.82) is 0 Å². The summed E-state index contributed by atoms with van der Waals surface area (Å²) in [6, 6.07) is 0. The average Bonchev–Trinajstić information content (AvgIpc) is 1.89. The number of hydrogen-bond donors (Lipinski definition) is 0. The Labute approximate surface area is 57.6 Å². The minimum absolute atomic E-state index is 0.492. The van der Waals surface area contributed by atoms with E-state index in [0.29, 0.717) is 24.2 Å². The van der Waals surface area contributed by atoms with Crippen molar-refractivity contribution >= 4 is 11.8 Å². The van der Waals surface area contributed by atoms with Crippen molar-refractivity contribution in [3.8, 4) is 0 Å². The second kappa shape index (κ2) is 7.69.